The predicted molar refractivity (Wildman–Crippen MR) is 180 cm³/mol. The second-order valence-electron chi connectivity index (χ2n) is 13.5. The van der Waals surface area contributed by atoms with Crippen LogP contribution < -0.4 is 9.64 Å². The molecule has 10 nitrogen and oxygen atoms in total. The Morgan fingerprint density at radius 3 is 2.60 bits per heavy atom. The van der Waals surface area contributed by atoms with Crippen LogP contribution in [0.2, 0.25) is 5.02 Å². The van der Waals surface area contributed by atoms with E-state index in [-0.39, 0.29) is 47.8 Å². The van der Waals surface area contributed by atoms with Crippen molar-refractivity contribution in [3.8, 4) is 23.3 Å². The van der Waals surface area contributed by atoms with Crippen LogP contribution in [0, 0.1) is 23.0 Å². The van der Waals surface area contributed by atoms with Gasteiger partial charge in [0.2, 0.25) is 0 Å². The van der Waals surface area contributed by atoms with Crippen LogP contribution in [0.3, 0.4) is 0 Å². The summed E-state index contributed by atoms with van der Waals surface area (Å²) in [4.78, 5) is 32.6. The second-order valence-corrected chi connectivity index (χ2v) is 13.9. The van der Waals surface area contributed by atoms with Gasteiger partial charge in [-0.25, -0.2) is 13.6 Å². The van der Waals surface area contributed by atoms with Gasteiger partial charge in [-0.15, -0.1) is 0 Å². The number of anilines is 1. The zero-order valence-corrected chi connectivity index (χ0v) is 28.4. The number of ether oxygens (including phenoxy) is 2. The average molecular weight is 678 g/mol. The van der Waals surface area contributed by atoms with Crippen LogP contribution in [0.1, 0.15) is 47.5 Å². The van der Waals surface area contributed by atoms with Crippen molar-refractivity contribution in [3.63, 3.8) is 0 Å². The Kier molecular flexibility index (Phi) is 9.29. The lowest BCUT2D eigenvalue weighted by Gasteiger charge is -2.43. The fraction of sp³-hybridized carbons (Fsp3) is 0.457. The van der Waals surface area contributed by atoms with Gasteiger partial charge in [-0.1, -0.05) is 35.9 Å². The van der Waals surface area contributed by atoms with E-state index < -0.39 is 29.4 Å². The van der Waals surface area contributed by atoms with Crippen molar-refractivity contribution < 1.29 is 23.0 Å². The zero-order valence-electron chi connectivity index (χ0n) is 27.6. The number of likely N-dealkylation sites (tertiary alicyclic amines) is 1. The van der Waals surface area contributed by atoms with Gasteiger partial charge in [-0.05, 0) is 52.5 Å². The number of rotatable bonds is 7. The molecule has 13 heteroatoms. The molecule has 0 aliphatic carbocycles. The van der Waals surface area contributed by atoms with Crippen molar-refractivity contribution in [2.24, 2.45) is 0 Å². The number of pyridine rings is 1. The van der Waals surface area contributed by atoms with E-state index in [4.69, 9.17) is 26.1 Å². The van der Waals surface area contributed by atoms with E-state index in [1.165, 1.54) is 12.3 Å². The normalized spacial score (nSPS) is 18.7. The number of aromatic nitrogens is 3. The van der Waals surface area contributed by atoms with Crippen LogP contribution in [0.15, 0.2) is 36.5 Å². The summed E-state index contributed by atoms with van der Waals surface area (Å²) in [7, 11) is 0. The van der Waals surface area contributed by atoms with Crippen LogP contribution in [0.5, 0.6) is 6.01 Å². The zero-order chi connectivity index (χ0) is 34.3. The van der Waals surface area contributed by atoms with Crippen molar-refractivity contribution in [1.82, 2.24) is 24.8 Å². The fourth-order valence-corrected chi connectivity index (χ4v) is 6.67. The Bertz CT molecular complexity index is 1910. The summed E-state index contributed by atoms with van der Waals surface area (Å²) < 4.78 is 43.0. The summed E-state index contributed by atoms with van der Waals surface area (Å²) >= 11 is 6.40. The molecule has 2 aromatic carbocycles. The maximum atomic E-state index is 16.7. The second kappa shape index (κ2) is 13.3. The highest BCUT2D eigenvalue weighted by Crippen LogP contribution is 2.38. The molecule has 0 N–H and O–H groups in total. The number of amides is 1. The highest BCUT2D eigenvalue weighted by atomic mass is 35.5. The summed E-state index contributed by atoms with van der Waals surface area (Å²) in [5.74, 6) is -0.986. The van der Waals surface area contributed by atoms with Gasteiger partial charge in [0.1, 0.15) is 35.1 Å². The Balaban J connectivity index is 1.42. The Hall–Kier alpha value is -4.34. The standard InChI is InChI=1S/C35H38ClF2N7O3/c1-20(2)44-14-12-23(44)19-47-33-41-31-25(17-40-30(29(31)38)24-8-6-7-21-9-10-26(37)28(36)27(21)24)32(42-33)43-15-16-45(22(18-43)11-13-39)34(46)48-35(3,4)5/h6-10,17,20,22-23H,11-12,14-16,18-19H2,1-5H3/t22-,23?/m0/s1. The van der Waals surface area contributed by atoms with Gasteiger partial charge in [0, 0.05) is 55.4 Å². The largest absolute Gasteiger partial charge is 0.462 e. The van der Waals surface area contributed by atoms with E-state index in [9.17, 15) is 14.4 Å². The third kappa shape index (κ3) is 6.54. The highest BCUT2D eigenvalue weighted by Gasteiger charge is 2.36. The third-order valence-electron chi connectivity index (χ3n) is 8.83. The molecule has 2 fully saturated rings. The molecular formula is C35H38ClF2N7O3. The third-order valence-corrected chi connectivity index (χ3v) is 9.20. The molecular weight excluding hydrogens is 640 g/mol. The number of nitriles is 1. The molecule has 1 amide bonds. The number of carbonyl (C=O) groups excluding carboxylic acids is 1. The summed E-state index contributed by atoms with van der Waals surface area (Å²) in [6.45, 7) is 11.7. The molecule has 0 radical (unpaired) electrons. The Morgan fingerprint density at radius 1 is 1.12 bits per heavy atom. The predicted octanol–water partition coefficient (Wildman–Crippen LogP) is 6.98. The smallest absolute Gasteiger partial charge is 0.410 e. The van der Waals surface area contributed by atoms with Crippen molar-refractivity contribution in [1.29, 1.82) is 5.26 Å². The molecule has 2 aromatic heterocycles. The topological polar surface area (TPSA) is 108 Å². The van der Waals surface area contributed by atoms with Crippen molar-refractivity contribution in [2.75, 3.05) is 37.7 Å². The molecule has 0 spiro atoms. The minimum atomic E-state index is -0.734. The minimum Gasteiger partial charge on any atom is -0.462 e. The van der Waals surface area contributed by atoms with E-state index in [0.717, 1.165) is 13.0 Å². The van der Waals surface area contributed by atoms with Gasteiger partial charge in [-0.3, -0.25) is 9.88 Å². The molecule has 4 heterocycles. The maximum Gasteiger partial charge on any atom is 0.410 e. The summed E-state index contributed by atoms with van der Waals surface area (Å²) in [5.41, 5.74) is -0.447. The number of benzene rings is 2. The molecule has 2 saturated heterocycles. The van der Waals surface area contributed by atoms with E-state index in [0.29, 0.717) is 46.7 Å². The van der Waals surface area contributed by atoms with E-state index in [1.54, 1.807) is 49.9 Å². The minimum absolute atomic E-state index is 0.00226. The van der Waals surface area contributed by atoms with Crippen molar-refractivity contribution in [2.45, 2.75) is 71.2 Å². The monoisotopic (exact) mass is 677 g/mol. The fourth-order valence-electron chi connectivity index (χ4n) is 6.40. The van der Waals surface area contributed by atoms with Gasteiger partial charge < -0.3 is 19.3 Å². The molecule has 6 rings (SSSR count). The van der Waals surface area contributed by atoms with Gasteiger partial charge in [0.05, 0.1) is 28.9 Å². The molecule has 252 valence electrons. The first-order valence-electron chi connectivity index (χ1n) is 16.1. The number of hydrogen-bond acceptors (Lipinski definition) is 9. The molecule has 48 heavy (non-hydrogen) atoms. The average Bonchev–Trinajstić information content (AvgIpc) is 3.01. The lowest BCUT2D eigenvalue weighted by atomic mass is 10.0. The SMILES string of the molecule is CC(C)N1CCC1COc1nc(N2CCN(C(=O)OC(C)(C)C)[C@@H](CC#N)C2)c2cnc(-c3cccc4ccc(F)c(Cl)c34)c(F)c2n1. The van der Waals surface area contributed by atoms with Crippen LogP contribution in [0.25, 0.3) is 32.9 Å². The number of nitrogens with zero attached hydrogens (tertiary/aromatic N) is 7. The van der Waals surface area contributed by atoms with Gasteiger partial charge >= 0.3 is 12.1 Å². The molecule has 4 aromatic rings. The van der Waals surface area contributed by atoms with Gasteiger partial charge in [-0.2, -0.15) is 15.2 Å². The highest BCUT2D eigenvalue weighted by molar-refractivity contribution is 6.36. The lowest BCUT2D eigenvalue weighted by Crippen LogP contribution is -2.56. The molecule has 0 bridgehead atoms. The first kappa shape index (κ1) is 33.6. The summed E-state index contributed by atoms with van der Waals surface area (Å²) in [6, 6.07) is 10.2. The number of piperazine rings is 1. The van der Waals surface area contributed by atoms with E-state index in [1.807, 2.05) is 4.90 Å². The van der Waals surface area contributed by atoms with Gasteiger partial charge in [0.25, 0.3) is 0 Å². The molecule has 1 unspecified atom stereocenters. The Labute approximate surface area is 283 Å². The van der Waals surface area contributed by atoms with Crippen molar-refractivity contribution >= 4 is 45.2 Å². The van der Waals surface area contributed by atoms with Crippen LogP contribution in [-0.2, 0) is 4.74 Å². The quantitative estimate of drug-likeness (QED) is 0.205. The van der Waals surface area contributed by atoms with Crippen molar-refractivity contribution in [3.05, 3.63) is 53.2 Å². The van der Waals surface area contributed by atoms with Gasteiger partial charge in [0.15, 0.2) is 5.82 Å². The van der Waals surface area contributed by atoms with E-state index in [2.05, 4.69) is 34.8 Å². The first-order valence-corrected chi connectivity index (χ1v) is 16.5. The Morgan fingerprint density at radius 2 is 1.92 bits per heavy atom. The maximum absolute atomic E-state index is 16.7. The number of fused-ring (bicyclic) bond motifs is 2. The van der Waals surface area contributed by atoms with E-state index >= 15 is 4.39 Å². The molecule has 2 aliphatic rings. The lowest BCUT2D eigenvalue weighted by molar-refractivity contribution is 0.0144. The summed E-state index contributed by atoms with van der Waals surface area (Å²) in [6.07, 6.45) is 2.01. The molecule has 0 saturated carbocycles. The number of carbonyl (C=O) groups is 1. The molecule has 2 aliphatic heterocycles. The van der Waals surface area contributed by atoms with Crippen LogP contribution in [0.4, 0.5) is 19.4 Å². The summed E-state index contributed by atoms with van der Waals surface area (Å²) in [5, 5.41) is 10.8. The molecule has 2 atom stereocenters. The van der Waals surface area contributed by atoms with Crippen LogP contribution >= 0.6 is 11.6 Å². The first-order chi connectivity index (χ1) is 22.9. The number of halogens is 3. The number of hydrogen-bond donors (Lipinski definition) is 0. The van der Waals surface area contributed by atoms with Crippen LogP contribution in [-0.4, -0.2) is 87.4 Å².